The summed E-state index contributed by atoms with van der Waals surface area (Å²) in [7, 11) is 0. The minimum atomic E-state index is 0.653. The van der Waals surface area contributed by atoms with Crippen molar-refractivity contribution in [2.75, 3.05) is 0 Å². The zero-order chi connectivity index (χ0) is 74.9. The summed E-state index contributed by atoms with van der Waals surface area (Å²) >= 11 is 0. The topological polar surface area (TPSA) is 87.7 Å². The van der Waals surface area contributed by atoms with Gasteiger partial charge in [0.2, 0.25) is 11.9 Å². The molecule has 114 heavy (non-hydrogen) atoms. The number of nitrogens with zero attached hydrogens (tertiary/aromatic N) is 6. The molecule has 0 N–H and O–H groups in total. The molecule has 0 saturated heterocycles. The summed E-state index contributed by atoms with van der Waals surface area (Å²) in [5.41, 5.74) is 25.5. The molecule has 0 unspecified atom stereocenters. The van der Waals surface area contributed by atoms with Crippen molar-refractivity contribution >= 4 is 142 Å². The number of hydrogen-bond donors (Lipinski definition) is 0. The quantitative estimate of drug-likeness (QED) is 0.143. The molecule has 0 amide bonds. The van der Waals surface area contributed by atoms with Crippen LogP contribution in [0.25, 0.3) is 232 Å². The lowest BCUT2D eigenvalue weighted by atomic mass is 9.96. The van der Waals surface area contributed by atoms with Crippen LogP contribution in [-0.4, -0.2) is 29.1 Å². The van der Waals surface area contributed by atoms with Gasteiger partial charge in [0.05, 0.1) is 44.5 Å². The molecule has 8 nitrogen and oxygen atoms in total. The minimum absolute atomic E-state index is 0.653. The smallest absolute Gasteiger partial charge is 0.235 e. The third-order valence-corrected chi connectivity index (χ3v) is 23.0. The highest BCUT2D eigenvalue weighted by Gasteiger charge is 2.23. The lowest BCUT2D eigenvalue weighted by molar-refractivity contribution is 0.668. The number of benzene rings is 18. The molecule has 18 aromatic carbocycles. The molecule has 0 atom stereocenters. The molecule has 0 radical (unpaired) electrons. The van der Waals surface area contributed by atoms with E-state index in [9.17, 15) is 0 Å². The fourth-order valence-corrected chi connectivity index (χ4v) is 17.4. The molecule has 0 fully saturated rings. The molecular weight excluding hydrogens is 1390 g/mol. The van der Waals surface area contributed by atoms with E-state index in [1.807, 2.05) is 30.3 Å². The van der Waals surface area contributed by atoms with Crippen LogP contribution in [0.4, 0.5) is 0 Å². The van der Waals surface area contributed by atoms with Crippen molar-refractivity contribution in [2.45, 2.75) is 0 Å². The van der Waals surface area contributed by atoms with Gasteiger partial charge in [0, 0.05) is 65.0 Å². The van der Waals surface area contributed by atoms with E-state index in [-0.39, 0.29) is 0 Å². The van der Waals surface area contributed by atoms with Crippen LogP contribution in [0, 0.1) is 0 Å². The second-order valence-electron chi connectivity index (χ2n) is 29.6. The maximum atomic E-state index is 6.09. The van der Waals surface area contributed by atoms with Gasteiger partial charge < -0.3 is 8.83 Å². The van der Waals surface area contributed by atoms with Gasteiger partial charge in [-0.25, -0.2) is 19.9 Å². The Morgan fingerprint density at radius 3 is 0.991 bits per heavy atom. The number of rotatable bonds is 9. The van der Waals surface area contributed by atoms with Crippen molar-refractivity contribution in [2.24, 2.45) is 0 Å². The normalized spacial score (nSPS) is 11.9. The maximum absolute atomic E-state index is 6.09. The molecule has 6 aromatic heterocycles. The van der Waals surface area contributed by atoms with Gasteiger partial charge in [0.25, 0.3) is 0 Å². The third-order valence-electron chi connectivity index (χ3n) is 23.0. The number of furan rings is 2. The zero-order valence-corrected chi connectivity index (χ0v) is 61.5. The number of fused-ring (bicyclic) bond motifs is 19. The molecule has 0 aliphatic heterocycles. The zero-order valence-electron chi connectivity index (χ0n) is 61.5. The van der Waals surface area contributed by atoms with Gasteiger partial charge in [-0.3, -0.25) is 9.13 Å². The molecule has 6 heterocycles. The number of hydrogen-bond acceptors (Lipinski definition) is 6. The standard InChI is InChI=1S/C54H33N3O.C52H31N3O/c1-2-10-34(11-3-1)35-22-25-39(26-23-35)53-43-13-4-7-15-47(43)55-54(56-53)57-48-16-8-5-14-44(48)52-45-32-40(27-24-38(45)28-30-49(52)57)36-18-20-37(21-19-36)41-29-31-51-46(33-41)42-12-6-9-17-50(42)58-51;1-2-10-36-29-39(24-21-32(36)9-1)51-41-12-3-6-14-45(41)53-52(54-51)55-46-15-7-4-13-42(46)50-43-30-37(23-22-35(43)25-27-47(50)55)33-17-19-34(20-18-33)38-26-28-49-44(31-38)40-11-5-8-16-48(40)56-49/h1-33H;1-31H. The fourth-order valence-electron chi connectivity index (χ4n) is 17.4. The first-order valence-electron chi connectivity index (χ1n) is 38.6. The van der Waals surface area contributed by atoms with Crippen molar-refractivity contribution < 1.29 is 8.83 Å². The minimum Gasteiger partial charge on any atom is -0.456 e. The third kappa shape index (κ3) is 10.8. The van der Waals surface area contributed by atoms with E-state index >= 15 is 0 Å². The molecule has 0 bridgehead atoms. The molecule has 8 heteroatoms. The van der Waals surface area contributed by atoms with Crippen LogP contribution in [-0.2, 0) is 0 Å². The highest BCUT2D eigenvalue weighted by atomic mass is 16.3. The van der Waals surface area contributed by atoms with Gasteiger partial charge in [-0.05, 0) is 179 Å². The first-order chi connectivity index (χ1) is 56.5. The van der Waals surface area contributed by atoms with Gasteiger partial charge in [-0.15, -0.1) is 0 Å². The second-order valence-corrected chi connectivity index (χ2v) is 29.6. The van der Waals surface area contributed by atoms with E-state index in [1.54, 1.807) is 0 Å². The molecule has 0 spiro atoms. The molecule has 530 valence electrons. The van der Waals surface area contributed by atoms with Crippen molar-refractivity contribution in [3.63, 3.8) is 0 Å². The predicted octanol–water partition coefficient (Wildman–Crippen LogP) is 28.4. The lowest BCUT2D eigenvalue weighted by Gasteiger charge is -2.12. The van der Waals surface area contributed by atoms with Crippen LogP contribution >= 0.6 is 0 Å². The van der Waals surface area contributed by atoms with Crippen LogP contribution in [0.1, 0.15) is 0 Å². The summed E-state index contributed by atoms with van der Waals surface area (Å²) in [5, 5.41) is 18.5. The van der Waals surface area contributed by atoms with E-state index in [1.165, 1.54) is 109 Å². The Hall–Kier alpha value is -15.4. The van der Waals surface area contributed by atoms with Crippen molar-refractivity contribution in [1.29, 1.82) is 0 Å². The van der Waals surface area contributed by atoms with Gasteiger partial charge in [-0.2, -0.15) is 0 Å². The highest BCUT2D eigenvalue weighted by Crippen LogP contribution is 2.44. The number of aromatic nitrogens is 6. The Bertz CT molecular complexity index is 8030. The van der Waals surface area contributed by atoms with Gasteiger partial charge >= 0.3 is 0 Å². The van der Waals surface area contributed by atoms with Gasteiger partial charge in [0.15, 0.2) is 0 Å². The molecule has 24 rings (SSSR count). The second kappa shape index (κ2) is 26.2. The first kappa shape index (κ1) is 64.6. The summed E-state index contributed by atoms with van der Waals surface area (Å²) in [6.07, 6.45) is 0. The average Bonchev–Trinajstić information content (AvgIpc) is 1.57. The summed E-state index contributed by atoms with van der Waals surface area (Å²) in [5.74, 6) is 1.31. The lowest BCUT2D eigenvalue weighted by Crippen LogP contribution is -2.03. The van der Waals surface area contributed by atoms with E-state index < -0.39 is 0 Å². The monoisotopic (exact) mass is 1450 g/mol. The molecule has 0 aliphatic carbocycles. The van der Waals surface area contributed by atoms with E-state index in [4.69, 9.17) is 28.8 Å². The maximum Gasteiger partial charge on any atom is 0.235 e. The Balaban J connectivity index is 0.000000135. The van der Waals surface area contributed by atoms with Crippen LogP contribution in [0.15, 0.2) is 397 Å². The van der Waals surface area contributed by atoms with Crippen LogP contribution in [0.3, 0.4) is 0 Å². The Morgan fingerprint density at radius 1 is 0.175 bits per heavy atom. The summed E-state index contributed by atoms with van der Waals surface area (Å²) < 4.78 is 16.6. The highest BCUT2D eigenvalue weighted by molar-refractivity contribution is 6.23. The molecular formula is C106H64N6O2. The van der Waals surface area contributed by atoms with E-state index in [0.29, 0.717) is 11.9 Å². The number of para-hydroxylation sites is 6. The summed E-state index contributed by atoms with van der Waals surface area (Å²) in [6.45, 7) is 0. The first-order valence-corrected chi connectivity index (χ1v) is 38.6. The average molecular weight is 1450 g/mol. The molecule has 24 aromatic rings. The van der Waals surface area contributed by atoms with E-state index in [2.05, 4.69) is 367 Å². The van der Waals surface area contributed by atoms with Crippen LogP contribution in [0.2, 0.25) is 0 Å². The van der Waals surface area contributed by atoms with Gasteiger partial charge in [-0.1, -0.05) is 297 Å². The SMILES string of the molecule is c1ccc(-c2ccc(-c3nc(-n4c5ccccc5c5c6cc(-c7ccc(-c8ccc9oc%10ccccc%10c9c8)cc7)ccc6ccc54)nc4ccccc34)cc2)cc1.c1ccc2cc(-c3nc(-n4c5ccccc5c5c6cc(-c7ccc(-c8ccc9oc%10ccccc%10c9c8)cc7)ccc6ccc54)nc4ccccc34)ccc2c1. The Kier molecular flexibility index (Phi) is 14.8. The van der Waals surface area contributed by atoms with Crippen LogP contribution < -0.4 is 0 Å². The largest absolute Gasteiger partial charge is 0.456 e. The molecule has 0 aliphatic rings. The van der Waals surface area contributed by atoms with Crippen molar-refractivity contribution in [3.05, 3.63) is 388 Å². The Labute approximate surface area is 653 Å². The Morgan fingerprint density at radius 2 is 0.500 bits per heavy atom. The van der Waals surface area contributed by atoms with Crippen molar-refractivity contribution in [1.82, 2.24) is 29.1 Å². The summed E-state index contributed by atoms with van der Waals surface area (Å²) in [4.78, 5) is 21.2. The fraction of sp³-hybridized carbons (Fsp3) is 0. The summed E-state index contributed by atoms with van der Waals surface area (Å²) in [6, 6.07) is 138. The predicted molar refractivity (Wildman–Crippen MR) is 473 cm³/mol. The van der Waals surface area contributed by atoms with Gasteiger partial charge in [0.1, 0.15) is 22.3 Å². The van der Waals surface area contributed by atoms with Crippen molar-refractivity contribution in [3.8, 4) is 90.0 Å². The molecule has 0 saturated carbocycles. The van der Waals surface area contributed by atoms with Crippen LogP contribution in [0.5, 0.6) is 0 Å². The van der Waals surface area contributed by atoms with E-state index in [0.717, 1.165) is 110 Å².